The highest BCUT2D eigenvalue weighted by Crippen LogP contribution is 2.37. The number of hydrogen-bond acceptors (Lipinski definition) is 3. The third-order valence-electron chi connectivity index (χ3n) is 4.15. The highest BCUT2D eigenvalue weighted by molar-refractivity contribution is 5.94. The van der Waals surface area contributed by atoms with E-state index in [1.165, 1.54) is 0 Å². The maximum absolute atomic E-state index is 12.4. The van der Waals surface area contributed by atoms with E-state index in [2.05, 4.69) is 4.98 Å². The zero-order valence-electron chi connectivity index (χ0n) is 11.1. The van der Waals surface area contributed by atoms with Gasteiger partial charge in [0.05, 0.1) is 5.52 Å². The predicted octanol–water partition coefficient (Wildman–Crippen LogP) is 2.92. The van der Waals surface area contributed by atoms with Crippen LogP contribution in [-0.2, 0) is 16.0 Å². The molecule has 0 unspecified atom stereocenters. The van der Waals surface area contributed by atoms with E-state index in [4.69, 9.17) is 4.74 Å². The van der Waals surface area contributed by atoms with Crippen molar-refractivity contribution < 1.29 is 9.53 Å². The lowest BCUT2D eigenvalue weighted by molar-refractivity contribution is -0.151. The summed E-state index contributed by atoms with van der Waals surface area (Å²) in [5.74, 6) is 0.192. The largest absolute Gasteiger partial charge is 0.370 e. The maximum atomic E-state index is 12.4. The molecule has 3 nitrogen and oxygen atoms in total. The molecule has 1 fully saturated rings. The molecule has 0 radical (unpaired) electrons. The molecule has 0 spiro atoms. The Hall–Kier alpha value is -1.74. The monoisotopic (exact) mass is 255 g/mol. The Kier molecular flexibility index (Phi) is 3.07. The van der Waals surface area contributed by atoms with Gasteiger partial charge in [-0.3, -0.25) is 9.78 Å². The molecule has 0 bridgehead atoms. The molecule has 1 heterocycles. The minimum Gasteiger partial charge on any atom is -0.370 e. The summed E-state index contributed by atoms with van der Waals surface area (Å²) in [5.41, 5.74) is 1.46. The second-order valence-electron chi connectivity index (χ2n) is 5.14. The van der Waals surface area contributed by atoms with Gasteiger partial charge in [0, 0.05) is 25.1 Å². The Balaban J connectivity index is 1.91. The zero-order valence-corrected chi connectivity index (χ0v) is 11.1. The molecule has 3 rings (SSSR count). The summed E-state index contributed by atoms with van der Waals surface area (Å²) in [4.78, 5) is 16.8. The van der Waals surface area contributed by atoms with Crippen LogP contribution < -0.4 is 0 Å². The molecule has 98 valence electrons. The van der Waals surface area contributed by atoms with Crippen LogP contribution in [0, 0.1) is 0 Å². The molecule has 1 aliphatic rings. The first kappa shape index (κ1) is 12.3. The number of pyridine rings is 1. The standard InChI is InChI=1S/C16H17NO2/c1-19-16(8-4-9-16)15(18)11-12-7-10-17-14-6-3-2-5-13(12)14/h2-3,5-7,10H,4,8-9,11H2,1H3. The third kappa shape index (κ3) is 2.04. The van der Waals surface area contributed by atoms with E-state index < -0.39 is 5.60 Å². The number of nitrogens with zero attached hydrogens (tertiary/aromatic N) is 1. The Morgan fingerprint density at radius 1 is 1.32 bits per heavy atom. The first-order chi connectivity index (χ1) is 9.25. The maximum Gasteiger partial charge on any atom is 0.168 e. The number of hydrogen-bond donors (Lipinski definition) is 0. The Morgan fingerprint density at radius 3 is 2.79 bits per heavy atom. The van der Waals surface area contributed by atoms with Gasteiger partial charge in [-0.05, 0) is 37.0 Å². The minimum atomic E-state index is -0.523. The van der Waals surface area contributed by atoms with Gasteiger partial charge in [-0.1, -0.05) is 18.2 Å². The van der Waals surface area contributed by atoms with E-state index in [0.717, 1.165) is 35.7 Å². The van der Waals surface area contributed by atoms with Crippen LogP contribution in [0.25, 0.3) is 10.9 Å². The second-order valence-corrected chi connectivity index (χ2v) is 5.14. The van der Waals surface area contributed by atoms with Gasteiger partial charge < -0.3 is 4.74 Å². The van der Waals surface area contributed by atoms with Crippen molar-refractivity contribution in [1.82, 2.24) is 4.98 Å². The molecule has 0 saturated heterocycles. The fraction of sp³-hybridized carbons (Fsp3) is 0.375. The smallest absolute Gasteiger partial charge is 0.168 e. The number of para-hydroxylation sites is 1. The predicted molar refractivity (Wildman–Crippen MR) is 74.0 cm³/mol. The first-order valence-corrected chi connectivity index (χ1v) is 6.66. The van der Waals surface area contributed by atoms with Crippen LogP contribution in [0.5, 0.6) is 0 Å². The van der Waals surface area contributed by atoms with Crippen LogP contribution in [0.2, 0.25) is 0 Å². The second kappa shape index (κ2) is 4.74. The van der Waals surface area contributed by atoms with Gasteiger partial charge in [0.15, 0.2) is 5.78 Å². The van der Waals surface area contributed by atoms with Crippen molar-refractivity contribution >= 4 is 16.7 Å². The molecule has 19 heavy (non-hydrogen) atoms. The molecule has 1 aromatic carbocycles. The number of aromatic nitrogens is 1. The number of fused-ring (bicyclic) bond motifs is 1. The topological polar surface area (TPSA) is 39.2 Å². The summed E-state index contributed by atoms with van der Waals surface area (Å²) in [7, 11) is 1.64. The molecular weight excluding hydrogens is 238 g/mol. The number of benzene rings is 1. The highest BCUT2D eigenvalue weighted by atomic mass is 16.5. The average Bonchev–Trinajstić information content (AvgIpc) is 2.38. The van der Waals surface area contributed by atoms with Crippen molar-refractivity contribution in [2.45, 2.75) is 31.3 Å². The Morgan fingerprint density at radius 2 is 2.11 bits per heavy atom. The molecule has 0 atom stereocenters. The molecular formula is C16H17NO2. The van der Waals surface area contributed by atoms with E-state index in [9.17, 15) is 4.79 Å². The van der Waals surface area contributed by atoms with Crippen molar-refractivity contribution in [3.8, 4) is 0 Å². The van der Waals surface area contributed by atoms with Crippen molar-refractivity contribution in [2.75, 3.05) is 7.11 Å². The van der Waals surface area contributed by atoms with E-state index in [0.29, 0.717) is 6.42 Å². The summed E-state index contributed by atoms with van der Waals surface area (Å²) in [6.45, 7) is 0. The van der Waals surface area contributed by atoms with Gasteiger partial charge in [0.25, 0.3) is 0 Å². The van der Waals surface area contributed by atoms with Crippen molar-refractivity contribution in [3.63, 3.8) is 0 Å². The number of carbonyl (C=O) groups is 1. The molecule has 3 heteroatoms. The van der Waals surface area contributed by atoms with Crippen LogP contribution in [0.3, 0.4) is 0 Å². The molecule has 1 aliphatic carbocycles. The van der Waals surface area contributed by atoms with Crippen molar-refractivity contribution in [3.05, 3.63) is 42.1 Å². The summed E-state index contributed by atoms with van der Waals surface area (Å²) in [6, 6.07) is 9.86. The Bertz CT molecular complexity index is 606. The average molecular weight is 255 g/mol. The van der Waals surface area contributed by atoms with E-state index in [1.54, 1.807) is 13.3 Å². The van der Waals surface area contributed by atoms with Gasteiger partial charge in [-0.25, -0.2) is 0 Å². The van der Waals surface area contributed by atoms with Crippen LogP contribution in [-0.4, -0.2) is 23.5 Å². The quantitative estimate of drug-likeness (QED) is 0.843. The lowest BCUT2D eigenvalue weighted by Gasteiger charge is -2.38. The lowest BCUT2D eigenvalue weighted by Crippen LogP contribution is -2.47. The van der Waals surface area contributed by atoms with E-state index in [1.807, 2.05) is 30.3 Å². The normalized spacial score (nSPS) is 17.1. The van der Waals surface area contributed by atoms with Crippen LogP contribution in [0.4, 0.5) is 0 Å². The fourth-order valence-electron chi connectivity index (χ4n) is 2.74. The Labute approximate surface area is 112 Å². The van der Waals surface area contributed by atoms with Gasteiger partial charge in [-0.2, -0.15) is 0 Å². The number of carbonyl (C=O) groups excluding carboxylic acids is 1. The molecule has 2 aromatic rings. The van der Waals surface area contributed by atoms with E-state index >= 15 is 0 Å². The van der Waals surface area contributed by atoms with Gasteiger partial charge in [0.2, 0.25) is 0 Å². The summed E-state index contributed by atoms with van der Waals surface area (Å²) in [5, 5.41) is 1.06. The summed E-state index contributed by atoms with van der Waals surface area (Å²) < 4.78 is 5.45. The number of ketones is 1. The van der Waals surface area contributed by atoms with Crippen LogP contribution in [0.15, 0.2) is 36.5 Å². The molecule has 0 amide bonds. The number of methoxy groups -OCH3 is 1. The summed E-state index contributed by atoms with van der Waals surface area (Å²) in [6.07, 6.45) is 4.98. The molecule has 0 N–H and O–H groups in total. The number of Topliss-reactive ketones (excluding diaryl/α,β-unsaturated/α-hetero) is 1. The van der Waals surface area contributed by atoms with Gasteiger partial charge >= 0.3 is 0 Å². The SMILES string of the molecule is COC1(C(=O)Cc2ccnc3ccccc23)CCC1. The van der Waals surface area contributed by atoms with Gasteiger partial charge in [0.1, 0.15) is 5.60 Å². The van der Waals surface area contributed by atoms with Gasteiger partial charge in [-0.15, -0.1) is 0 Å². The molecule has 1 saturated carbocycles. The number of rotatable bonds is 4. The van der Waals surface area contributed by atoms with Crippen LogP contribution in [0.1, 0.15) is 24.8 Å². The lowest BCUT2D eigenvalue weighted by atomic mass is 9.75. The molecule has 0 aliphatic heterocycles. The van der Waals surface area contributed by atoms with Crippen molar-refractivity contribution in [2.24, 2.45) is 0 Å². The fourth-order valence-corrected chi connectivity index (χ4v) is 2.74. The zero-order chi connectivity index (χ0) is 13.3. The minimum absolute atomic E-state index is 0.192. The number of ether oxygens (including phenoxy) is 1. The first-order valence-electron chi connectivity index (χ1n) is 6.66. The van der Waals surface area contributed by atoms with E-state index in [-0.39, 0.29) is 5.78 Å². The third-order valence-corrected chi connectivity index (χ3v) is 4.15. The van der Waals surface area contributed by atoms with Crippen LogP contribution >= 0.6 is 0 Å². The summed E-state index contributed by atoms with van der Waals surface area (Å²) >= 11 is 0. The molecule has 1 aromatic heterocycles. The van der Waals surface area contributed by atoms with Crippen molar-refractivity contribution in [1.29, 1.82) is 0 Å². The highest BCUT2D eigenvalue weighted by Gasteiger charge is 2.43.